The lowest BCUT2D eigenvalue weighted by molar-refractivity contribution is 0.135. The summed E-state index contributed by atoms with van der Waals surface area (Å²) in [5, 5.41) is 0. The van der Waals surface area contributed by atoms with Gasteiger partial charge in [-0.25, -0.2) is 9.37 Å². The highest BCUT2D eigenvalue weighted by atomic mass is 19.1. The van der Waals surface area contributed by atoms with Crippen LogP contribution in [-0.2, 0) is 13.1 Å². The van der Waals surface area contributed by atoms with Crippen LogP contribution >= 0.6 is 0 Å². The van der Waals surface area contributed by atoms with Crippen molar-refractivity contribution in [3.8, 4) is 0 Å². The normalized spacial score (nSPS) is 19.8. The second-order valence-electron chi connectivity index (χ2n) is 5.67. The van der Waals surface area contributed by atoms with E-state index in [1.165, 1.54) is 18.9 Å². The third kappa shape index (κ3) is 3.16. The molecular weight excluding hydrogens is 265 g/mol. The van der Waals surface area contributed by atoms with E-state index in [-0.39, 0.29) is 5.82 Å². The molecule has 0 aliphatic carbocycles. The molecule has 3 nitrogen and oxygen atoms in total. The molecule has 112 valence electrons. The molecule has 0 unspecified atom stereocenters. The van der Waals surface area contributed by atoms with E-state index >= 15 is 0 Å². The van der Waals surface area contributed by atoms with Crippen molar-refractivity contribution in [3.63, 3.8) is 0 Å². The molecule has 2 heterocycles. The lowest BCUT2D eigenvalue weighted by Gasteiger charge is -2.35. The molecule has 1 aliphatic heterocycles. The molecule has 0 N–H and O–H groups in total. The Kier molecular flexibility index (Phi) is 4.34. The van der Waals surface area contributed by atoms with E-state index in [2.05, 4.69) is 21.4 Å². The molecule has 1 aromatic heterocycles. The largest absolute Gasteiger partial charge is 0.334 e. The van der Waals surface area contributed by atoms with Gasteiger partial charge < -0.3 is 4.57 Å². The topological polar surface area (TPSA) is 21.1 Å². The molecule has 2 aromatic rings. The van der Waals surface area contributed by atoms with Gasteiger partial charge in [0.25, 0.3) is 0 Å². The van der Waals surface area contributed by atoms with Gasteiger partial charge in [0, 0.05) is 25.0 Å². The molecule has 21 heavy (non-hydrogen) atoms. The highest BCUT2D eigenvalue weighted by Gasteiger charge is 2.25. The number of likely N-dealkylation sites (tertiary alicyclic amines) is 1. The number of benzene rings is 1. The number of rotatable bonds is 4. The monoisotopic (exact) mass is 287 g/mol. The van der Waals surface area contributed by atoms with Gasteiger partial charge in [-0.3, -0.25) is 4.90 Å². The summed E-state index contributed by atoms with van der Waals surface area (Å²) in [6, 6.07) is 7.34. The van der Waals surface area contributed by atoms with Gasteiger partial charge in [0.05, 0.1) is 6.54 Å². The summed E-state index contributed by atoms with van der Waals surface area (Å²) in [6.45, 7) is 4.96. The molecule has 1 fully saturated rings. The molecular formula is C17H22FN3. The molecule has 0 saturated carbocycles. The number of piperidine rings is 1. The highest BCUT2D eigenvalue weighted by molar-refractivity contribution is 5.21. The maximum Gasteiger partial charge on any atom is 0.123 e. The standard InChI is InChI=1S/C17H22FN3/c1-2-20-11-9-19-17(20)13-21-10-4-3-8-16(21)14-6-5-7-15(18)12-14/h5-7,9,11-12,16H,2-4,8,10,13H2,1H3/t16-/m1/s1. The van der Waals surface area contributed by atoms with E-state index in [0.717, 1.165) is 37.4 Å². The minimum absolute atomic E-state index is 0.145. The zero-order valence-electron chi connectivity index (χ0n) is 12.5. The van der Waals surface area contributed by atoms with E-state index in [4.69, 9.17) is 0 Å². The first-order valence-electron chi connectivity index (χ1n) is 7.77. The first kappa shape index (κ1) is 14.3. The van der Waals surface area contributed by atoms with Crippen molar-refractivity contribution >= 4 is 0 Å². The summed E-state index contributed by atoms with van der Waals surface area (Å²) in [4.78, 5) is 6.91. The lowest BCUT2D eigenvalue weighted by atomic mass is 9.95. The van der Waals surface area contributed by atoms with Crippen LogP contribution in [0, 0.1) is 5.82 Å². The number of halogens is 1. The fourth-order valence-corrected chi connectivity index (χ4v) is 3.23. The Bertz CT molecular complexity index is 593. The van der Waals surface area contributed by atoms with Crippen LogP contribution in [0.3, 0.4) is 0 Å². The number of nitrogens with zero attached hydrogens (tertiary/aromatic N) is 3. The van der Waals surface area contributed by atoms with E-state index in [1.807, 2.05) is 24.5 Å². The lowest BCUT2D eigenvalue weighted by Crippen LogP contribution is -2.33. The molecule has 4 heteroatoms. The fourth-order valence-electron chi connectivity index (χ4n) is 3.23. The number of imidazole rings is 1. The van der Waals surface area contributed by atoms with Crippen LogP contribution in [-0.4, -0.2) is 21.0 Å². The van der Waals surface area contributed by atoms with Gasteiger partial charge in [-0.05, 0) is 44.0 Å². The summed E-state index contributed by atoms with van der Waals surface area (Å²) in [5.74, 6) is 0.953. The molecule has 0 spiro atoms. The predicted molar refractivity (Wildman–Crippen MR) is 81.3 cm³/mol. The van der Waals surface area contributed by atoms with Crippen LogP contribution in [0.4, 0.5) is 4.39 Å². The molecule has 0 amide bonds. The number of aromatic nitrogens is 2. The van der Waals surface area contributed by atoms with Crippen LogP contribution in [0.2, 0.25) is 0 Å². The van der Waals surface area contributed by atoms with E-state index in [0.29, 0.717) is 6.04 Å². The summed E-state index contributed by atoms with van der Waals surface area (Å²) in [5.41, 5.74) is 1.09. The van der Waals surface area contributed by atoms with Gasteiger partial charge in [0.1, 0.15) is 11.6 Å². The van der Waals surface area contributed by atoms with Crippen molar-refractivity contribution in [2.75, 3.05) is 6.54 Å². The Hall–Kier alpha value is -1.68. The van der Waals surface area contributed by atoms with Crippen LogP contribution in [0.1, 0.15) is 43.6 Å². The first-order valence-corrected chi connectivity index (χ1v) is 7.77. The molecule has 1 saturated heterocycles. The maximum atomic E-state index is 13.5. The smallest absolute Gasteiger partial charge is 0.123 e. The molecule has 0 radical (unpaired) electrons. The van der Waals surface area contributed by atoms with E-state index in [9.17, 15) is 4.39 Å². The predicted octanol–water partition coefficient (Wildman–Crippen LogP) is 3.77. The molecule has 3 rings (SSSR count). The van der Waals surface area contributed by atoms with Gasteiger partial charge in [-0.1, -0.05) is 18.6 Å². The van der Waals surface area contributed by atoms with Gasteiger partial charge in [-0.15, -0.1) is 0 Å². The van der Waals surface area contributed by atoms with Crippen LogP contribution in [0.25, 0.3) is 0 Å². The van der Waals surface area contributed by atoms with Crippen molar-refractivity contribution in [2.45, 2.75) is 45.3 Å². The summed E-state index contributed by atoms with van der Waals surface area (Å²) in [6.07, 6.45) is 7.39. The summed E-state index contributed by atoms with van der Waals surface area (Å²) < 4.78 is 15.7. The molecule has 0 bridgehead atoms. The van der Waals surface area contributed by atoms with Crippen LogP contribution < -0.4 is 0 Å². The average Bonchev–Trinajstić information content (AvgIpc) is 2.95. The fraction of sp³-hybridized carbons (Fsp3) is 0.471. The number of hydrogen-bond acceptors (Lipinski definition) is 2. The molecule has 1 aliphatic rings. The SMILES string of the molecule is CCn1ccnc1CN1CCCC[C@@H]1c1cccc(F)c1. The third-order valence-corrected chi connectivity index (χ3v) is 4.33. The maximum absolute atomic E-state index is 13.5. The van der Waals surface area contributed by atoms with Crippen LogP contribution in [0.5, 0.6) is 0 Å². The van der Waals surface area contributed by atoms with Gasteiger partial charge >= 0.3 is 0 Å². The minimum Gasteiger partial charge on any atom is -0.334 e. The van der Waals surface area contributed by atoms with E-state index in [1.54, 1.807) is 6.07 Å². The third-order valence-electron chi connectivity index (χ3n) is 4.33. The Morgan fingerprint density at radius 2 is 2.24 bits per heavy atom. The zero-order valence-corrected chi connectivity index (χ0v) is 12.5. The summed E-state index contributed by atoms with van der Waals surface area (Å²) >= 11 is 0. The Labute approximate surface area is 125 Å². The van der Waals surface area contributed by atoms with Gasteiger partial charge in [0.15, 0.2) is 0 Å². The second-order valence-corrected chi connectivity index (χ2v) is 5.67. The molecule has 1 aromatic carbocycles. The van der Waals surface area contributed by atoms with Crippen molar-refractivity contribution in [3.05, 3.63) is 53.9 Å². The highest BCUT2D eigenvalue weighted by Crippen LogP contribution is 2.32. The van der Waals surface area contributed by atoms with Crippen molar-refractivity contribution in [1.29, 1.82) is 0 Å². The molecule has 1 atom stereocenters. The van der Waals surface area contributed by atoms with Crippen molar-refractivity contribution in [1.82, 2.24) is 14.5 Å². The number of aryl methyl sites for hydroxylation is 1. The Morgan fingerprint density at radius 1 is 1.33 bits per heavy atom. The average molecular weight is 287 g/mol. The number of hydrogen-bond donors (Lipinski definition) is 0. The minimum atomic E-state index is -0.145. The van der Waals surface area contributed by atoms with Gasteiger partial charge in [0.2, 0.25) is 0 Å². The Balaban J connectivity index is 1.81. The Morgan fingerprint density at radius 3 is 3.05 bits per heavy atom. The van der Waals surface area contributed by atoms with Gasteiger partial charge in [-0.2, -0.15) is 0 Å². The summed E-state index contributed by atoms with van der Waals surface area (Å²) in [7, 11) is 0. The van der Waals surface area contributed by atoms with E-state index < -0.39 is 0 Å². The first-order chi connectivity index (χ1) is 10.3. The second kappa shape index (κ2) is 6.39. The zero-order chi connectivity index (χ0) is 14.7. The van der Waals surface area contributed by atoms with Crippen molar-refractivity contribution in [2.24, 2.45) is 0 Å². The van der Waals surface area contributed by atoms with Crippen molar-refractivity contribution < 1.29 is 4.39 Å². The van der Waals surface area contributed by atoms with Crippen LogP contribution in [0.15, 0.2) is 36.7 Å². The quantitative estimate of drug-likeness (QED) is 0.853.